The van der Waals surface area contributed by atoms with E-state index in [2.05, 4.69) is 44.1 Å². The fourth-order valence-electron chi connectivity index (χ4n) is 2.30. The molecule has 1 heterocycles. The van der Waals surface area contributed by atoms with Crippen LogP contribution in [0.5, 0.6) is 0 Å². The molecule has 0 radical (unpaired) electrons. The molecule has 2 rings (SSSR count). The number of nitrogens with zero attached hydrogens (tertiary/aromatic N) is 2. The van der Waals surface area contributed by atoms with Crippen LogP contribution >= 0.6 is 11.6 Å². The van der Waals surface area contributed by atoms with E-state index in [1.807, 2.05) is 6.07 Å². The van der Waals surface area contributed by atoms with Gasteiger partial charge in [-0.2, -0.15) is 5.10 Å². The second-order valence-corrected chi connectivity index (χ2v) is 5.66. The van der Waals surface area contributed by atoms with Crippen LogP contribution < -0.4 is 5.56 Å². The van der Waals surface area contributed by atoms with Gasteiger partial charge in [-0.15, -0.1) is 11.6 Å². The second-order valence-electron chi connectivity index (χ2n) is 5.39. The largest absolute Gasteiger partial charge is 0.271 e. The Labute approximate surface area is 130 Å². The summed E-state index contributed by atoms with van der Waals surface area (Å²) >= 11 is 5.93. The zero-order valence-corrected chi connectivity index (χ0v) is 13.6. The van der Waals surface area contributed by atoms with E-state index < -0.39 is 0 Å². The third kappa shape index (κ3) is 3.53. The van der Waals surface area contributed by atoms with Crippen LogP contribution in [0.25, 0.3) is 11.3 Å². The van der Waals surface area contributed by atoms with Crippen LogP contribution in [0, 0.1) is 13.8 Å². The lowest BCUT2D eigenvalue weighted by Gasteiger charge is -2.11. The molecular formula is C17H21ClN2O. The van der Waals surface area contributed by atoms with E-state index in [0.29, 0.717) is 12.1 Å². The quantitative estimate of drug-likeness (QED) is 0.781. The zero-order chi connectivity index (χ0) is 15.4. The van der Waals surface area contributed by atoms with Gasteiger partial charge in [-0.1, -0.05) is 31.0 Å². The molecule has 0 aliphatic heterocycles. The minimum atomic E-state index is -0.0764. The lowest BCUT2D eigenvalue weighted by molar-refractivity contribution is 0.542. The van der Waals surface area contributed by atoms with Crippen molar-refractivity contribution in [3.8, 4) is 11.3 Å². The molecule has 0 N–H and O–H groups in total. The Bertz CT molecular complexity index is 692. The fourth-order valence-corrected chi connectivity index (χ4v) is 2.49. The van der Waals surface area contributed by atoms with E-state index in [1.165, 1.54) is 5.56 Å². The molecule has 112 valence electrons. The first-order chi connectivity index (χ1) is 10.1. The Morgan fingerprint density at radius 3 is 2.67 bits per heavy atom. The number of hydrogen-bond donors (Lipinski definition) is 0. The van der Waals surface area contributed by atoms with Crippen molar-refractivity contribution in [2.75, 3.05) is 0 Å². The molecule has 3 nitrogen and oxygen atoms in total. The Morgan fingerprint density at radius 2 is 2.00 bits per heavy atom. The van der Waals surface area contributed by atoms with E-state index in [1.54, 1.807) is 4.68 Å². The molecule has 0 amide bonds. The van der Waals surface area contributed by atoms with Crippen molar-refractivity contribution in [2.24, 2.45) is 0 Å². The van der Waals surface area contributed by atoms with Crippen molar-refractivity contribution >= 4 is 11.6 Å². The van der Waals surface area contributed by atoms with E-state index in [0.717, 1.165) is 29.7 Å². The average molecular weight is 305 g/mol. The summed E-state index contributed by atoms with van der Waals surface area (Å²) in [5.41, 5.74) is 4.74. The number of aromatic nitrogens is 2. The molecule has 0 atom stereocenters. The van der Waals surface area contributed by atoms with Gasteiger partial charge in [0.25, 0.3) is 5.56 Å². The molecule has 1 aromatic heterocycles. The lowest BCUT2D eigenvalue weighted by atomic mass is 10.0. The first-order valence-electron chi connectivity index (χ1n) is 7.31. The van der Waals surface area contributed by atoms with Gasteiger partial charge < -0.3 is 0 Å². The Kier molecular flexibility index (Phi) is 5.18. The third-order valence-electron chi connectivity index (χ3n) is 3.58. The van der Waals surface area contributed by atoms with Crippen LogP contribution in [0.15, 0.2) is 29.1 Å². The van der Waals surface area contributed by atoms with Crippen molar-refractivity contribution in [1.82, 2.24) is 9.78 Å². The predicted octanol–water partition coefficient (Wildman–Crippen LogP) is 4.07. The smallest absolute Gasteiger partial charge is 0.267 e. The maximum absolute atomic E-state index is 12.3. The van der Waals surface area contributed by atoms with Crippen LogP contribution in [-0.2, 0) is 12.4 Å². The number of benzene rings is 1. The number of aryl methyl sites for hydroxylation is 3. The normalized spacial score (nSPS) is 10.9. The predicted molar refractivity (Wildman–Crippen MR) is 87.9 cm³/mol. The maximum atomic E-state index is 12.3. The summed E-state index contributed by atoms with van der Waals surface area (Å²) in [5.74, 6) is 0.214. The monoisotopic (exact) mass is 304 g/mol. The van der Waals surface area contributed by atoms with Crippen molar-refractivity contribution in [2.45, 2.75) is 46.0 Å². The van der Waals surface area contributed by atoms with E-state index >= 15 is 0 Å². The molecule has 1 aromatic carbocycles. The summed E-state index contributed by atoms with van der Waals surface area (Å²) in [6.45, 7) is 6.84. The highest BCUT2D eigenvalue weighted by Crippen LogP contribution is 2.23. The highest BCUT2D eigenvalue weighted by molar-refractivity contribution is 6.17. The summed E-state index contributed by atoms with van der Waals surface area (Å²) in [6, 6.07) is 8.08. The summed E-state index contributed by atoms with van der Waals surface area (Å²) < 4.78 is 1.55. The molecule has 0 aliphatic rings. The number of unbranched alkanes of at least 4 members (excludes halogenated alkanes) is 1. The SMILES string of the molecule is CCCCn1nc(-c2cc(C)ccc2C)cc(CCl)c1=O. The van der Waals surface area contributed by atoms with Gasteiger partial charge in [0.1, 0.15) is 0 Å². The Balaban J connectivity index is 2.58. The molecule has 0 saturated carbocycles. The standard InChI is InChI=1S/C17H21ClN2O/c1-4-5-8-20-17(21)14(11-18)10-16(19-20)15-9-12(2)6-7-13(15)3/h6-7,9-10H,4-5,8,11H2,1-3H3. The minimum Gasteiger partial charge on any atom is -0.267 e. The number of halogens is 1. The van der Waals surface area contributed by atoms with Gasteiger partial charge in [-0.05, 0) is 38.0 Å². The summed E-state index contributed by atoms with van der Waals surface area (Å²) in [7, 11) is 0. The van der Waals surface area contributed by atoms with Gasteiger partial charge in [-0.25, -0.2) is 4.68 Å². The molecular weight excluding hydrogens is 284 g/mol. The van der Waals surface area contributed by atoms with Crippen molar-refractivity contribution in [3.05, 3.63) is 51.3 Å². The molecule has 4 heteroatoms. The molecule has 0 unspecified atom stereocenters. The van der Waals surface area contributed by atoms with E-state index in [4.69, 9.17) is 11.6 Å². The van der Waals surface area contributed by atoms with Crippen LogP contribution in [0.3, 0.4) is 0 Å². The van der Waals surface area contributed by atoms with Gasteiger partial charge in [0.15, 0.2) is 0 Å². The molecule has 2 aromatic rings. The van der Waals surface area contributed by atoms with Crippen molar-refractivity contribution < 1.29 is 0 Å². The third-order valence-corrected chi connectivity index (χ3v) is 3.87. The van der Waals surface area contributed by atoms with E-state index in [-0.39, 0.29) is 11.4 Å². The van der Waals surface area contributed by atoms with Gasteiger partial charge in [0, 0.05) is 17.7 Å². The highest BCUT2D eigenvalue weighted by Gasteiger charge is 2.11. The Hall–Kier alpha value is -1.61. The zero-order valence-electron chi connectivity index (χ0n) is 12.8. The van der Waals surface area contributed by atoms with Crippen LogP contribution in [0.1, 0.15) is 36.5 Å². The Morgan fingerprint density at radius 1 is 1.24 bits per heavy atom. The van der Waals surface area contributed by atoms with E-state index in [9.17, 15) is 4.79 Å². The van der Waals surface area contributed by atoms with Gasteiger partial charge in [0.05, 0.1) is 11.6 Å². The number of alkyl halides is 1. The first kappa shape index (κ1) is 15.8. The lowest BCUT2D eigenvalue weighted by Crippen LogP contribution is -2.26. The molecule has 0 spiro atoms. The summed E-state index contributed by atoms with van der Waals surface area (Å²) in [6.07, 6.45) is 1.96. The second kappa shape index (κ2) is 6.90. The molecule has 0 fully saturated rings. The summed E-state index contributed by atoms with van der Waals surface area (Å²) in [5, 5.41) is 4.54. The molecule has 0 aliphatic carbocycles. The van der Waals surface area contributed by atoms with Crippen molar-refractivity contribution in [3.63, 3.8) is 0 Å². The molecule has 0 bridgehead atoms. The highest BCUT2D eigenvalue weighted by atomic mass is 35.5. The van der Waals surface area contributed by atoms with Gasteiger partial charge in [0.2, 0.25) is 0 Å². The van der Waals surface area contributed by atoms with Crippen LogP contribution in [0.2, 0.25) is 0 Å². The minimum absolute atomic E-state index is 0.0764. The van der Waals surface area contributed by atoms with Crippen LogP contribution in [-0.4, -0.2) is 9.78 Å². The topological polar surface area (TPSA) is 34.9 Å². The number of rotatable bonds is 5. The summed E-state index contributed by atoms with van der Waals surface area (Å²) in [4.78, 5) is 12.3. The van der Waals surface area contributed by atoms with Gasteiger partial charge >= 0.3 is 0 Å². The average Bonchev–Trinajstić information content (AvgIpc) is 2.48. The van der Waals surface area contributed by atoms with Gasteiger partial charge in [-0.3, -0.25) is 4.79 Å². The first-order valence-corrected chi connectivity index (χ1v) is 7.85. The maximum Gasteiger partial charge on any atom is 0.271 e. The number of hydrogen-bond acceptors (Lipinski definition) is 2. The van der Waals surface area contributed by atoms with Crippen molar-refractivity contribution in [1.29, 1.82) is 0 Å². The van der Waals surface area contributed by atoms with Crippen LogP contribution in [0.4, 0.5) is 0 Å². The molecule has 0 saturated heterocycles. The fraction of sp³-hybridized carbons (Fsp3) is 0.412. The molecule has 21 heavy (non-hydrogen) atoms.